The van der Waals surface area contributed by atoms with Crippen molar-refractivity contribution in [2.75, 3.05) is 24.3 Å². The average molecular weight is 520 g/mol. The van der Waals surface area contributed by atoms with Gasteiger partial charge in [0.15, 0.2) is 34.7 Å². The molecule has 5 rings (SSSR count). The molecule has 0 aromatic heterocycles. The smallest absolute Gasteiger partial charge is 0.235 e. The number of Topliss-reactive ketones (excluding diaryl/α,β-unsaturated/α-hetero) is 4. The molecule has 10 nitrogen and oxygen atoms in total. The predicted octanol–water partition coefficient (Wildman–Crippen LogP) is 1.00. The highest BCUT2D eigenvalue weighted by Crippen LogP contribution is 2.52. The summed E-state index contributed by atoms with van der Waals surface area (Å²) in [6, 6.07) is 11.2. The second-order valence-corrected chi connectivity index (χ2v) is 10.6. The van der Waals surface area contributed by atoms with Crippen molar-refractivity contribution in [1.82, 2.24) is 0 Å². The van der Waals surface area contributed by atoms with E-state index in [0.717, 1.165) is 5.56 Å². The average Bonchev–Trinajstić information content (AvgIpc) is 2.86. The fourth-order valence-corrected chi connectivity index (χ4v) is 6.34. The number of amides is 1. The zero-order chi connectivity index (χ0) is 27.5. The summed E-state index contributed by atoms with van der Waals surface area (Å²) in [6.07, 6.45) is -0.0750. The number of hydrogen-bond donors (Lipinski definition) is 4. The van der Waals surface area contributed by atoms with E-state index in [1.807, 2.05) is 35.2 Å². The van der Waals surface area contributed by atoms with Gasteiger partial charge in [-0.15, -0.1) is 0 Å². The second-order valence-electron chi connectivity index (χ2n) is 10.6. The molecule has 5 N–H and O–H groups in total. The van der Waals surface area contributed by atoms with Gasteiger partial charge in [-0.2, -0.15) is 0 Å². The number of benzene rings is 2. The fourth-order valence-electron chi connectivity index (χ4n) is 6.34. The number of ketones is 4. The van der Waals surface area contributed by atoms with Crippen LogP contribution in [0.5, 0.6) is 5.75 Å². The number of rotatable bonds is 5. The summed E-state index contributed by atoms with van der Waals surface area (Å²) in [6.45, 7) is 0.373. The number of fused-ring (bicyclic) bond motifs is 3. The molecule has 2 aromatic rings. The number of hydrogen-bond acceptors (Lipinski definition) is 9. The molecule has 0 bridgehead atoms. The Morgan fingerprint density at radius 3 is 2.42 bits per heavy atom. The van der Waals surface area contributed by atoms with Gasteiger partial charge in [0, 0.05) is 38.7 Å². The number of carbonyl (C=O) groups is 5. The molecule has 2 fully saturated rings. The predicted molar refractivity (Wildman–Crippen MR) is 137 cm³/mol. The van der Waals surface area contributed by atoms with E-state index in [1.54, 1.807) is 20.2 Å². The number of nitrogens with zero attached hydrogens (tertiary/aromatic N) is 1. The number of aliphatic hydroxyl groups is 1. The van der Waals surface area contributed by atoms with E-state index in [4.69, 9.17) is 5.73 Å². The molecule has 2 aromatic carbocycles. The Hall–Kier alpha value is -4.05. The monoisotopic (exact) mass is 519 g/mol. The molecule has 0 spiro atoms. The standard InChI is InChI=1S/C28H29N3O7/c1-31(2)18-11-17(30-12-13-6-4-3-5-7-13)23(33)21-16(18)9-14-8-15-10-19(32)22(27(29)37)26(36)28(15,38)25(35)20(14)24(21)34/h3-7,11,14-15,20,22,30,33,38H,8-10,12H2,1-2H3,(H2,29,37)/t14-,15+,20?,22?,28+/m1/s1. The zero-order valence-corrected chi connectivity index (χ0v) is 21.1. The number of nitrogens with two attached hydrogens (primary N) is 1. The van der Waals surface area contributed by atoms with E-state index >= 15 is 0 Å². The summed E-state index contributed by atoms with van der Waals surface area (Å²) in [7, 11) is 3.61. The molecule has 1 amide bonds. The SMILES string of the molecule is CN(C)c1cc(NCc2ccccc2)c(O)c2c1C[C@H]1C[C@H]3CC(=O)C(C(N)=O)C(=O)[C@@]3(O)C(=O)C1C2=O. The summed E-state index contributed by atoms with van der Waals surface area (Å²) in [4.78, 5) is 66.8. The van der Waals surface area contributed by atoms with Gasteiger partial charge in [-0.1, -0.05) is 30.3 Å². The van der Waals surface area contributed by atoms with Crippen LogP contribution in [-0.4, -0.2) is 58.9 Å². The lowest BCUT2D eigenvalue weighted by atomic mass is 9.53. The van der Waals surface area contributed by atoms with Gasteiger partial charge in [-0.05, 0) is 36.0 Å². The molecular weight excluding hydrogens is 490 g/mol. The molecule has 38 heavy (non-hydrogen) atoms. The van der Waals surface area contributed by atoms with E-state index in [1.165, 1.54) is 0 Å². The first-order valence-corrected chi connectivity index (χ1v) is 12.5. The lowest BCUT2D eigenvalue weighted by molar-refractivity contribution is -0.175. The molecule has 10 heteroatoms. The number of phenolic OH excluding ortho intramolecular Hbond substituents is 1. The summed E-state index contributed by atoms with van der Waals surface area (Å²) < 4.78 is 0. The first-order chi connectivity index (χ1) is 18.0. The van der Waals surface area contributed by atoms with Crippen molar-refractivity contribution in [2.45, 2.75) is 31.4 Å². The molecule has 2 unspecified atom stereocenters. The van der Waals surface area contributed by atoms with Crippen LogP contribution in [0.2, 0.25) is 0 Å². The van der Waals surface area contributed by atoms with Crippen molar-refractivity contribution < 1.29 is 34.2 Å². The molecule has 3 aliphatic carbocycles. The van der Waals surface area contributed by atoms with E-state index in [-0.39, 0.29) is 30.6 Å². The molecule has 0 heterocycles. The number of nitrogens with one attached hydrogen (secondary N) is 1. The third-order valence-electron chi connectivity index (χ3n) is 8.19. The highest BCUT2D eigenvalue weighted by atomic mass is 16.3. The Morgan fingerprint density at radius 2 is 1.79 bits per heavy atom. The quantitative estimate of drug-likeness (QED) is 0.333. The van der Waals surface area contributed by atoms with Gasteiger partial charge in [0.2, 0.25) is 5.91 Å². The zero-order valence-electron chi connectivity index (χ0n) is 21.1. The highest BCUT2D eigenvalue weighted by Gasteiger charge is 2.66. The molecule has 2 saturated carbocycles. The molecular formula is C28H29N3O7. The third-order valence-corrected chi connectivity index (χ3v) is 8.19. The minimum absolute atomic E-state index is 0.0332. The van der Waals surface area contributed by atoms with Crippen LogP contribution in [0.15, 0.2) is 36.4 Å². The largest absolute Gasteiger partial charge is 0.505 e. The van der Waals surface area contributed by atoms with Crippen LogP contribution in [0.1, 0.15) is 34.3 Å². The Morgan fingerprint density at radius 1 is 1.11 bits per heavy atom. The molecule has 0 saturated heterocycles. The minimum atomic E-state index is -2.66. The molecule has 0 radical (unpaired) electrons. The van der Waals surface area contributed by atoms with Crippen molar-refractivity contribution >= 4 is 40.4 Å². The van der Waals surface area contributed by atoms with Crippen LogP contribution in [0, 0.1) is 23.7 Å². The van der Waals surface area contributed by atoms with Gasteiger partial charge in [-0.25, -0.2) is 0 Å². The number of aromatic hydroxyl groups is 1. The van der Waals surface area contributed by atoms with E-state index in [0.29, 0.717) is 23.5 Å². The van der Waals surface area contributed by atoms with Crippen molar-refractivity contribution in [3.05, 3.63) is 53.1 Å². The van der Waals surface area contributed by atoms with Crippen LogP contribution in [0.3, 0.4) is 0 Å². The lowest BCUT2D eigenvalue weighted by Gasteiger charge is -2.48. The molecule has 0 aliphatic heterocycles. The number of phenols is 1. The number of anilines is 2. The molecule has 3 aliphatic rings. The van der Waals surface area contributed by atoms with Gasteiger partial charge < -0.3 is 26.2 Å². The van der Waals surface area contributed by atoms with E-state index < -0.39 is 58.3 Å². The Balaban J connectivity index is 1.56. The summed E-state index contributed by atoms with van der Waals surface area (Å²) >= 11 is 0. The van der Waals surface area contributed by atoms with Crippen LogP contribution in [0.4, 0.5) is 11.4 Å². The second kappa shape index (κ2) is 9.05. The fraction of sp³-hybridized carbons (Fsp3) is 0.393. The van der Waals surface area contributed by atoms with Gasteiger partial charge >= 0.3 is 0 Å². The normalized spacial score (nSPS) is 28.3. The van der Waals surface area contributed by atoms with Gasteiger partial charge in [0.25, 0.3) is 0 Å². The maximum absolute atomic E-state index is 13.9. The highest BCUT2D eigenvalue weighted by molar-refractivity contribution is 6.31. The van der Waals surface area contributed by atoms with Crippen molar-refractivity contribution in [2.24, 2.45) is 29.4 Å². The van der Waals surface area contributed by atoms with Crippen LogP contribution in [0.25, 0.3) is 0 Å². The Bertz CT molecular complexity index is 1390. The summed E-state index contributed by atoms with van der Waals surface area (Å²) in [5.41, 5.74) is 5.03. The van der Waals surface area contributed by atoms with Crippen LogP contribution in [-0.2, 0) is 32.1 Å². The van der Waals surface area contributed by atoms with E-state index in [9.17, 15) is 34.2 Å². The first-order valence-electron chi connectivity index (χ1n) is 12.5. The maximum atomic E-state index is 13.9. The molecule has 5 atom stereocenters. The molecule has 198 valence electrons. The Kier molecular flexibility index (Phi) is 6.10. The Labute approximate surface area is 218 Å². The van der Waals surface area contributed by atoms with Crippen LogP contribution < -0.4 is 16.0 Å². The van der Waals surface area contributed by atoms with Gasteiger partial charge in [-0.3, -0.25) is 24.0 Å². The van der Waals surface area contributed by atoms with E-state index in [2.05, 4.69) is 5.32 Å². The minimum Gasteiger partial charge on any atom is -0.505 e. The summed E-state index contributed by atoms with van der Waals surface area (Å²) in [5, 5.41) is 25.7. The number of primary amides is 1. The summed E-state index contributed by atoms with van der Waals surface area (Å²) in [5.74, 6) is -10.2. The van der Waals surface area contributed by atoms with Crippen molar-refractivity contribution in [3.63, 3.8) is 0 Å². The van der Waals surface area contributed by atoms with Gasteiger partial charge in [0.05, 0.1) is 17.2 Å². The van der Waals surface area contributed by atoms with Gasteiger partial charge in [0.1, 0.15) is 5.75 Å². The lowest BCUT2D eigenvalue weighted by Crippen LogP contribution is -2.68. The third kappa shape index (κ3) is 3.70. The van der Waals surface area contributed by atoms with Crippen molar-refractivity contribution in [1.29, 1.82) is 0 Å². The van der Waals surface area contributed by atoms with Crippen molar-refractivity contribution in [3.8, 4) is 5.75 Å². The first kappa shape index (κ1) is 25.6. The van der Waals surface area contributed by atoms with Crippen LogP contribution >= 0.6 is 0 Å². The number of carbonyl (C=O) groups excluding carboxylic acids is 5. The topological polar surface area (TPSA) is 167 Å². The maximum Gasteiger partial charge on any atom is 0.235 e.